The third kappa shape index (κ3) is 2.03. The molecule has 1 aliphatic rings. The molecular formula is C12H23NO2. The highest BCUT2D eigenvalue weighted by Gasteiger charge is 2.54. The molecule has 0 aromatic heterocycles. The number of likely N-dealkylation sites (N-methyl/N-ethyl adjacent to an activating group) is 1. The average molecular weight is 213 g/mol. The van der Waals surface area contributed by atoms with Crippen LogP contribution in [0.25, 0.3) is 0 Å². The van der Waals surface area contributed by atoms with Gasteiger partial charge in [-0.3, -0.25) is 9.69 Å². The maximum Gasteiger partial charge on any atom is 0.324 e. The molecule has 0 amide bonds. The highest BCUT2D eigenvalue weighted by atomic mass is 16.4. The van der Waals surface area contributed by atoms with Crippen LogP contribution in [0.4, 0.5) is 0 Å². The number of aliphatic carboxylic acids is 1. The Bertz CT molecular complexity index is 228. The summed E-state index contributed by atoms with van der Waals surface area (Å²) in [6.07, 6.45) is 1.64. The predicted molar refractivity (Wildman–Crippen MR) is 60.8 cm³/mol. The first kappa shape index (κ1) is 12.5. The summed E-state index contributed by atoms with van der Waals surface area (Å²) in [6, 6.07) is 0. The molecular weight excluding hydrogens is 190 g/mol. The summed E-state index contributed by atoms with van der Waals surface area (Å²) in [5.74, 6) is 0.554. The van der Waals surface area contributed by atoms with Crippen LogP contribution in [0.3, 0.4) is 0 Å². The molecule has 0 unspecified atom stereocenters. The lowest BCUT2D eigenvalue weighted by atomic mass is 9.63. The van der Waals surface area contributed by atoms with Crippen molar-refractivity contribution < 1.29 is 9.90 Å². The average Bonchev–Trinajstić information content (AvgIpc) is 2.08. The number of carbonyl (C=O) groups is 1. The van der Waals surface area contributed by atoms with Gasteiger partial charge in [0.2, 0.25) is 0 Å². The number of nitrogens with zero attached hydrogens (tertiary/aromatic N) is 1. The fourth-order valence-electron chi connectivity index (χ4n) is 2.68. The molecule has 0 aromatic carbocycles. The number of hydrogen-bond acceptors (Lipinski definition) is 2. The molecule has 1 rings (SSSR count). The number of carboxylic acid groups (broad SMARTS) is 1. The first-order valence-electron chi connectivity index (χ1n) is 5.96. The Balaban J connectivity index is 2.73. The molecule has 0 aromatic rings. The van der Waals surface area contributed by atoms with E-state index < -0.39 is 11.5 Å². The molecule has 1 saturated carbocycles. The van der Waals surface area contributed by atoms with Crippen molar-refractivity contribution in [1.82, 2.24) is 4.90 Å². The quantitative estimate of drug-likeness (QED) is 0.761. The van der Waals surface area contributed by atoms with Crippen LogP contribution in [0.5, 0.6) is 0 Å². The zero-order valence-electron chi connectivity index (χ0n) is 10.3. The van der Waals surface area contributed by atoms with Gasteiger partial charge in [-0.15, -0.1) is 0 Å². The van der Waals surface area contributed by atoms with Gasteiger partial charge in [0, 0.05) is 0 Å². The van der Waals surface area contributed by atoms with E-state index in [1.165, 1.54) is 0 Å². The van der Waals surface area contributed by atoms with E-state index in [0.717, 1.165) is 25.9 Å². The molecule has 0 aliphatic heterocycles. The van der Waals surface area contributed by atoms with Crippen LogP contribution in [-0.4, -0.2) is 34.6 Å². The van der Waals surface area contributed by atoms with E-state index >= 15 is 0 Å². The Kier molecular flexibility index (Phi) is 3.77. The molecule has 1 aliphatic carbocycles. The molecule has 1 fully saturated rings. The lowest BCUT2D eigenvalue weighted by Gasteiger charge is -2.52. The normalized spacial score (nSPS) is 30.7. The molecule has 0 heterocycles. The van der Waals surface area contributed by atoms with Gasteiger partial charge in [-0.25, -0.2) is 0 Å². The van der Waals surface area contributed by atoms with E-state index in [2.05, 4.69) is 18.7 Å². The first-order chi connectivity index (χ1) is 6.97. The van der Waals surface area contributed by atoms with Gasteiger partial charge in [0.1, 0.15) is 5.54 Å². The monoisotopic (exact) mass is 213 g/mol. The van der Waals surface area contributed by atoms with Crippen molar-refractivity contribution in [3.05, 3.63) is 0 Å². The van der Waals surface area contributed by atoms with Crippen LogP contribution in [0.15, 0.2) is 0 Å². The molecule has 0 bridgehead atoms. The summed E-state index contributed by atoms with van der Waals surface area (Å²) in [6.45, 7) is 10.1. The van der Waals surface area contributed by atoms with Crippen molar-refractivity contribution in [3.8, 4) is 0 Å². The molecule has 3 nitrogen and oxygen atoms in total. The van der Waals surface area contributed by atoms with E-state index in [0.29, 0.717) is 11.8 Å². The third-order valence-electron chi connectivity index (χ3n) is 3.91. The van der Waals surface area contributed by atoms with Crippen LogP contribution in [0, 0.1) is 11.8 Å². The molecule has 0 radical (unpaired) electrons. The SMILES string of the molecule is CCN(CC)C1(C(=O)O)CC(C(C)C)C1. The summed E-state index contributed by atoms with van der Waals surface area (Å²) >= 11 is 0. The van der Waals surface area contributed by atoms with Crippen LogP contribution in [0.1, 0.15) is 40.5 Å². The Morgan fingerprint density at radius 3 is 2.13 bits per heavy atom. The van der Waals surface area contributed by atoms with Crippen molar-refractivity contribution in [2.45, 2.75) is 46.1 Å². The Hall–Kier alpha value is -0.570. The molecule has 88 valence electrons. The number of hydrogen-bond donors (Lipinski definition) is 1. The highest BCUT2D eigenvalue weighted by Crippen LogP contribution is 2.46. The summed E-state index contributed by atoms with van der Waals surface area (Å²) in [5.41, 5.74) is -0.557. The Morgan fingerprint density at radius 1 is 1.40 bits per heavy atom. The topological polar surface area (TPSA) is 40.5 Å². The molecule has 0 spiro atoms. The van der Waals surface area contributed by atoms with Crippen LogP contribution >= 0.6 is 0 Å². The minimum atomic E-state index is -0.636. The van der Waals surface area contributed by atoms with E-state index in [1.807, 2.05) is 13.8 Å². The zero-order valence-corrected chi connectivity index (χ0v) is 10.3. The second-order valence-corrected chi connectivity index (χ2v) is 4.92. The fraction of sp³-hybridized carbons (Fsp3) is 0.917. The third-order valence-corrected chi connectivity index (χ3v) is 3.91. The summed E-state index contributed by atoms with van der Waals surface area (Å²) < 4.78 is 0. The standard InChI is InChI=1S/C12H23NO2/c1-5-13(6-2)12(11(14)15)7-10(8-12)9(3)4/h9-10H,5-8H2,1-4H3,(H,14,15). The van der Waals surface area contributed by atoms with Crippen LogP contribution in [-0.2, 0) is 4.79 Å². The van der Waals surface area contributed by atoms with Gasteiger partial charge in [0.05, 0.1) is 0 Å². The first-order valence-corrected chi connectivity index (χ1v) is 5.96. The lowest BCUT2D eigenvalue weighted by molar-refractivity contribution is -0.164. The Labute approximate surface area is 92.5 Å². The summed E-state index contributed by atoms with van der Waals surface area (Å²) in [4.78, 5) is 13.5. The van der Waals surface area contributed by atoms with Crippen molar-refractivity contribution in [2.75, 3.05) is 13.1 Å². The summed E-state index contributed by atoms with van der Waals surface area (Å²) in [7, 11) is 0. The minimum Gasteiger partial charge on any atom is -0.480 e. The maximum atomic E-state index is 11.4. The largest absolute Gasteiger partial charge is 0.480 e. The van der Waals surface area contributed by atoms with E-state index in [9.17, 15) is 9.90 Å². The van der Waals surface area contributed by atoms with Gasteiger partial charge in [-0.1, -0.05) is 27.7 Å². The van der Waals surface area contributed by atoms with Gasteiger partial charge >= 0.3 is 5.97 Å². The molecule has 1 N–H and O–H groups in total. The van der Waals surface area contributed by atoms with Crippen LogP contribution < -0.4 is 0 Å². The zero-order chi connectivity index (χ0) is 11.6. The van der Waals surface area contributed by atoms with E-state index in [4.69, 9.17) is 0 Å². The molecule has 0 atom stereocenters. The van der Waals surface area contributed by atoms with Gasteiger partial charge < -0.3 is 5.11 Å². The van der Waals surface area contributed by atoms with E-state index in [-0.39, 0.29) is 0 Å². The maximum absolute atomic E-state index is 11.4. The number of rotatable bonds is 5. The molecule has 3 heteroatoms. The van der Waals surface area contributed by atoms with Crippen molar-refractivity contribution in [2.24, 2.45) is 11.8 Å². The fourth-order valence-corrected chi connectivity index (χ4v) is 2.68. The van der Waals surface area contributed by atoms with Crippen molar-refractivity contribution >= 4 is 5.97 Å². The Morgan fingerprint density at radius 2 is 1.87 bits per heavy atom. The van der Waals surface area contributed by atoms with Gasteiger partial charge in [-0.2, -0.15) is 0 Å². The smallest absolute Gasteiger partial charge is 0.324 e. The molecule has 0 saturated heterocycles. The van der Waals surface area contributed by atoms with Crippen molar-refractivity contribution in [1.29, 1.82) is 0 Å². The van der Waals surface area contributed by atoms with Gasteiger partial charge in [0.25, 0.3) is 0 Å². The predicted octanol–water partition coefficient (Wildman–Crippen LogP) is 2.22. The van der Waals surface area contributed by atoms with Crippen molar-refractivity contribution in [3.63, 3.8) is 0 Å². The molecule has 15 heavy (non-hydrogen) atoms. The van der Waals surface area contributed by atoms with Gasteiger partial charge in [-0.05, 0) is 37.8 Å². The van der Waals surface area contributed by atoms with Gasteiger partial charge in [0.15, 0.2) is 0 Å². The second kappa shape index (κ2) is 4.52. The van der Waals surface area contributed by atoms with E-state index in [1.54, 1.807) is 0 Å². The minimum absolute atomic E-state index is 0.557. The highest BCUT2D eigenvalue weighted by molar-refractivity contribution is 5.80. The lowest BCUT2D eigenvalue weighted by Crippen LogP contribution is -2.63. The second-order valence-electron chi connectivity index (χ2n) is 4.92. The summed E-state index contributed by atoms with van der Waals surface area (Å²) in [5, 5.41) is 9.37. The number of carboxylic acids is 1. The van der Waals surface area contributed by atoms with Crippen LogP contribution in [0.2, 0.25) is 0 Å².